The number of rotatable bonds is 4. The molecule has 0 aliphatic heterocycles. The molecule has 0 radical (unpaired) electrons. The number of nitrogens with zero attached hydrogens (tertiary/aromatic N) is 1. The van der Waals surface area contributed by atoms with Crippen molar-refractivity contribution in [2.75, 3.05) is 10.5 Å². The maximum absolute atomic E-state index is 11.8. The summed E-state index contributed by atoms with van der Waals surface area (Å²) >= 11 is 5.62. The van der Waals surface area contributed by atoms with Crippen LogP contribution in [0.15, 0.2) is 18.3 Å². The van der Waals surface area contributed by atoms with Crippen molar-refractivity contribution in [3.05, 3.63) is 23.5 Å². The maximum Gasteiger partial charge on any atom is 0.232 e. The van der Waals surface area contributed by atoms with Crippen molar-refractivity contribution in [1.82, 2.24) is 4.98 Å². The van der Waals surface area contributed by atoms with Gasteiger partial charge in [-0.3, -0.25) is 4.72 Å². The molecule has 0 unspecified atom stereocenters. The second kappa shape index (κ2) is 5.23. The van der Waals surface area contributed by atoms with Gasteiger partial charge in [-0.1, -0.05) is 32.4 Å². The predicted molar refractivity (Wildman–Crippen MR) is 70.7 cm³/mol. The summed E-state index contributed by atoms with van der Waals surface area (Å²) in [6.45, 7) is 6.02. The zero-order valence-corrected chi connectivity index (χ0v) is 11.8. The Balaban J connectivity index is 2.64. The molecule has 0 aliphatic carbocycles. The van der Waals surface area contributed by atoms with E-state index < -0.39 is 10.0 Å². The summed E-state index contributed by atoms with van der Waals surface area (Å²) in [4.78, 5) is 3.81. The van der Waals surface area contributed by atoms with E-state index in [0.29, 0.717) is 17.3 Å². The molecule has 0 saturated carbocycles. The normalized spacial score (nSPS) is 12.5. The van der Waals surface area contributed by atoms with Gasteiger partial charge >= 0.3 is 0 Å². The molecule has 1 aromatic rings. The second-order valence-electron chi connectivity index (χ2n) is 5.10. The van der Waals surface area contributed by atoms with Crippen molar-refractivity contribution < 1.29 is 8.42 Å². The summed E-state index contributed by atoms with van der Waals surface area (Å²) in [5.74, 6) is 0.0964. The highest BCUT2D eigenvalue weighted by Crippen LogP contribution is 2.20. The molecular formula is C11H17ClN2O2S. The van der Waals surface area contributed by atoms with Crippen molar-refractivity contribution in [3.63, 3.8) is 0 Å². The SMILES string of the molecule is CC(C)(C)CCS(=O)(=O)Nc1ccc(Cl)nc1. The topological polar surface area (TPSA) is 59.1 Å². The van der Waals surface area contributed by atoms with Crippen molar-refractivity contribution in [2.45, 2.75) is 27.2 Å². The maximum atomic E-state index is 11.8. The van der Waals surface area contributed by atoms with Gasteiger partial charge in [-0.15, -0.1) is 0 Å². The van der Waals surface area contributed by atoms with Crippen molar-refractivity contribution in [2.24, 2.45) is 5.41 Å². The summed E-state index contributed by atoms with van der Waals surface area (Å²) in [5.41, 5.74) is 0.427. The van der Waals surface area contributed by atoms with E-state index in [2.05, 4.69) is 9.71 Å². The Morgan fingerprint density at radius 3 is 2.47 bits per heavy atom. The van der Waals surface area contributed by atoms with Crippen molar-refractivity contribution in [1.29, 1.82) is 0 Å². The average Bonchev–Trinajstić information content (AvgIpc) is 2.18. The van der Waals surface area contributed by atoms with Crippen molar-refractivity contribution >= 4 is 27.3 Å². The van der Waals surface area contributed by atoms with Crippen LogP contribution in [0.1, 0.15) is 27.2 Å². The fourth-order valence-electron chi connectivity index (χ4n) is 1.11. The lowest BCUT2D eigenvalue weighted by molar-refractivity contribution is 0.397. The lowest BCUT2D eigenvalue weighted by Gasteiger charge is -2.18. The van der Waals surface area contributed by atoms with E-state index >= 15 is 0 Å². The Labute approximate surface area is 107 Å². The van der Waals surface area contributed by atoms with Gasteiger partial charge in [0, 0.05) is 0 Å². The Kier molecular flexibility index (Phi) is 4.38. The standard InChI is InChI=1S/C11H17ClN2O2S/c1-11(2,3)6-7-17(15,16)14-9-4-5-10(12)13-8-9/h4-5,8,14H,6-7H2,1-3H3. The minimum Gasteiger partial charge on any atom is -0.282 e. The van der Waals surface area contributed by atoms with Crippen molar-refractivity contribution in [3.8, 4) is 0 Å². The molecule has 0 spiro atoms. The smallest absolute Gasteiger partial charge is 0.232 e. The van der Waals surface area contributed by atoms with Gasteiger partial charge < -0.3 is 0 Å². The molecule has 0 bridgehead atoms. The zero-order chi connectivity index (χ0) is 13.1. The highest BCUT2D eigenvalue weighted by molar-refractivity contribution is 7.92. The first-order valence-corrected chi connectivity index (χ1v) is 7.33. The summed E-state index contributed by atoms with van der Waals surface area (Å²) in [5, 5.41) is 0.336. The fourth-order valence-corrected chi connectivity index (χ4v) is 2.68. The Morgan fingerprint density at radius 1 is 1.35 bits per heavy atom. The predicted octanol–water partition coefficient (Wildman–Crippen LogP) is 2.91. The van der Waals surface area contributed by atoms with E-state index in [1.807, 2.05) is 20.8 Å². The van der Waals surface area contributed by atoms with Gasteiger partial charge in [0.15, 0.2) is 0 Å². The number of halogens is 1. The Bertz CT molecular complexity index is 463. The third kappa shape index (κ3) is 5.89. The summed E-state index contributed by atoms with van der Waals surface area (Å²) in [7, 11) is -3.31. The lowest BCUT2D eigenvalue weighted by atomic mass is 9.94. The summed E-state index contributed by atoms with van der Waals surface area (Å²) < 4.78 is 26.0. The quantitative estimate of drug-likeness (QED) is 0.860. The molecule has 96 valence electrons. The Morgan fingerprint density at radius 2 is 2.00 bits per heavy atom. The van der Waals surface area contributed by atoms with E-state index in [1.165, 1.54) is 6.20 Å². The third-order valence-electron chi connectivity index (χ3n) is 2.12. The van der Waals surface area contributed by atoms with Gasteiger partial charge in [-0.2, -0.15) is 0 Å². The summed E-state index contributed by atoms with van der Waals surface area (Å²) in [6.07, 6.45) is 2.00. The molecule has 0 amide bonds. The molecule has 1 heterocycles. The second-order valence-corrected chi connectivity index (χ2v) is 7.33. The zero-order valence-electron chi connectivity index (χ0n) is 10.2. The van der Waals surface area contributed by atoms with Crippen LogP contribution in [-0.2, 0) is 10.0 Å². The van der Waals surface area contributed by atoms with E-state index in [-0.39, 0.29) is 11.2 Å². The van der Waals surface area contributed by atoms with Crippen LogP contribution in [0.25, 0.3) is 0 Å². The van der Waals surface area contributed by atoms with Crippen LogP contribution in [0, 0.1) is 5.41 Å². The van der Waals surface area contributed by atoms with Crippen LogP contribution < -0.4 is 4.72 Å². The molecule has 1 rings (SSSR count). The first-order valence-electron chi connectivity index (χ1n) is 5.30. The molecular weight excluding hydrogens is 260 g/mol. The van der Waals surface area contributed by atoms with Gasteiger partial charge in [0.05, 0.1) is 17.6 Å². The van der Waals surface area contributed by atoms with Gasteiger partial charge in [0.25, 0.3) is 0 Å². The average molecular weight is 277 g/mol. The van der Waals surface area contributed by atoms with Crippen LogP contribution in [0.4, 0.5) is 5.69 Å². The van der Waals surface area contributed by atoms with Crippen LogP contribution in [0.5, 0.6) is 0 Å². The molecule has 0 aromatic carbocycles. The Hall–Kier alpha value is -0.810. The van der Waals surface area contributed by atoms with E-state index in [1.54, 1.807) is 12.1 Å². The van der Waals surface area contributed by atoms with E-state index in [0.717, 1.165) is 0 Å². The number of aromatic nitrogens is 1. The van der Waals surface area contributed by atoms with Crippen LogP contribution in [0.3, 0.4) is 0 Å². The monoisotopic (exact) mass is 276 g/mol. The molecule has 0 aliphatic rings. The van der Waals surface area contributed by atoms with Crippen LogP contribution >= 0.6 is 11.6 Å². The number of hydrogen-bond donors (Lipinski definition) is 1. The molecule has 4 nitrogen and oxygen atoms in total. The number of hydrogen-bond acceptors (Lipinski definition) is 3. The van der Waals surface area contributed by atoms with Gasteiger partial charge in [0.2, 0.25) is 10.0 Å². The molecule has 0 fully saturated rings. The molecule has 1 N–H and O–H groups in total. The third-order valence-corrected chi connectivity index (χ3v) is 3.63. The number of nitrogens with one attached hydrogen (secondary N) is 1. The highest BCUT2D eigenvalue weighted by Gasteiger charge is 2.17. The van der Waals surface area contributed by atoms with Crippen LogP contribution in [0.2, 0.25) is 5.15 Å². The van der Waals surface area contributed by atoms with Gasteiger partial charge in [-0.05, 0) is 24.0 Å². The number of pyridine rings is 1. The van der Waals surface area contributed by atoms with E-state index in [9.17, 15) is 8.42 Å². The number of anilines is 1. The molecule has 0 atom stereocenters. The molecule has 0 saturated heterocycles. The minimum absolute atomic E-state index is 0.00695. The molecule has 17 heavy (non-hydrogen) atoms. The number of sulfonamides is 1. The van der Waals surface area contributed by atoms with Crippen LogP contribution in [-0.4, -0.2) is 19.2 Å². The first kappa shape index (κ1) is 14.3. The molecule has 1 aromatic heterocycles. The highest BCUT2D eigenvalue weighted by atomic mass is 35.5. The van der Waals surface area contributed by atoms with Gasteiger partial charge in [0.1, 0.15) is 5.15 Å². The van der Waals surface area contributed by atoms with Gasteiger partial charge in [-0.25, -0.2) is 13.4 Å². The first-order chi connectivity index (χ1) is 7.68. The largest absolute Gasteiger partial charge is 0.282 e. The minimum atomic E-state index is -3.31. The fraction of sp³-hybridized carbons (Fsp3) is 0.545. The summed E-state index contributed by atoms with van der Waals surface area (Å²) in [6, 6.07) is 3.13. The molecule has 6 heteroatoms. The lowest BCUT2D eigenvalue weighted by Crippen LogP contribution is -2.20. The van der Waals surface area contributed by atoms with E-state index in [4.69, 9.17) is 11.6 Å².